The van der Waals surface area contributed by atoms with Crippen LogP contribution in [0.25, 0.3) is 0 Å². The summed E-state index contributed by atoms with van der Waals surface area (Å²) >= 11 is 0. The van der Waals surface area contributed by atoms with E-state index in [9.17, 15) is 4.79 Å². The minimum Gasteiger partial charge on any atom is -0.303 e. The smallest absolute Gasteiger partial charge is 0.120 e. The van der Waals surface area contributed by atoms with E-state index in [1.807, 2.05) is 6.08 Å². The van der Waals surface area contributed by atoms with E-state index in [2.05, 4.69) is 30.9 Å². The number of carbonyl (C=O) groups is 1. The number of aldehydes is 1. The van der Waals surface area contributed by atoms with E-state index in [1.54, 1.807) is 0 Å². The van der Waals surface area contributed by atoms with E-state index < -0.39 is 0 Å². The predicted molar refractivity (Wildman–Crippen MR) is 57.6 cm³/mol. The number of hydrogen-bond donors (Lipinski definition) is 0. The number of allylic oxidation sites excluding steroid dienone is 5. The zero-order chi connectivity index (χ0) is 9.78. The second-order valence-electron chi connectivity index (χ2n) is 2.79. The summed E-state index contributed by atoms with van der Waals surface area (Å²) in [6.45, 7) is 3.63. The van der Waals surface area contributed by atoms with E-state index in [-0.39, 0.29) is 0 Å². The van der Waals surface area contributed by atoms with Crippen LogP contribution in [0, 0.1) is 0 Å². The molecule has 1 nitrogen and oxygen atoms in total. The Morgan fingerprint density at radius 2 is 1.38 bits per heavy atom. The van der Waals surface area contributed by atoms with E-state index in [1.165, 1.54) is 0 Å². The van der Waals surface area contributed by atoms with Crippen LogP contribution in [-0.2, 0) is 4.79 Å². The maximum absolute atomic E-state index is 9.96. The largest absolute Gasteiger partial charge is 0.303 e. The predicted octanol–water partition coefficient (Wildman–Crippen LogP) is 3.43. The molecule has 0 radical (unpaired) electrons. The first-order chi connectivity index (χ1) is 6.41. The van der Waals surface area contributed by atoms with Crippen LogP contribution in [0.5, 0.6) is 0 Å². The van der Waals surface area contributed by atoms with Crippen molar-refractivity contribution in [1.29, 1.82) is 0 Å². The van der Waals surface area contributed by atoms with Gasteiger partial charge in [-0.25, -0.2) is 0 Å². The van der Waals surface area contributed by atoms with Crippen molar-refractivity contribution in [3.05, 3.63) is 37.0 Å². The van der Waals surface area contributed by atoms with E-state index in [0.29, 0.717) is 6.42 Å². The monoisotopic (exact) mass is 178 g/mol. The first kappa shape index (κ1) is 11.9. The van der Waals surface area contributed by atoms with Crippen molar-refractivity contribution in [3.63, 3.8) is 0 Å². The van der Waals surface area contributed by atoms with Gasteiger partial charge in [-0.3, -0.25) is 0 Å². The first-order valence-corrected chi connectivity index (χ1v) is 4.76. The Bertz CT molecular complexity index is 178. The van der Waals surface area contributed by atoms with Crippen LogP contribution in [0.1, 0.15) is 32.1 Å². The van der Waals surface area contributed by atoms with Crippen LogP contribution >= 0.6 is 0 Å². The Kier molecular flexibility index (Phi) is 9.96. The Balaban J connectivity index is 3.18. The van der Waals surface area contributed by atoms with Crippen LogP contribution in [0.15, 0.2) is 37.0 Å². The SMILES string of the molecule is C=CC/C=C/CC/C=C\CCC=O. The number of hydrogen-bond acceptors (Lipinski definition) is 1. The molecule has 0 rings (SSSR count). The molecule has 0 fully saturated rings. The van der Waals surface area contributed by atoms with Gasteiger partial charge in [-0.05, 0) is 25.7 Å². The fourth-order valence-corrected chi connectivity index (χ4v) is 0.903. The van der Waals surface area contributed by atoms with Gasteiger partial charge >= 0.3 is 0 Å². The fraction of sp³-hybridized carbons (Fsp3) is 0.417. The van der Waals surface area contributed by atoms with Gasteiger partial charge in [0.25, 0.3) is 0 Å². The van der Waals surface area contributed by atoms with Gasteiger partial charge in [0.15, 0.2) is 0 Å². The standard InChI is InChI=1S/C12H18O/c1-2-3-4-5-6-7-8-9-10-11-12-13/h2,4-5,8-9,12H,1,3,6-7,10-11H2/b5-4+,9-8-. The highest BCUT2D eigenvalue weighted by Crippen LogP contribution is 1.96. The summed E-state index contributed by atoms with van der Waals surface area (Å²) in [6.07, 6.45) is 15.9. The lowest BCUT2D eigenvalue weighted by atomic mass is 10.2. The van der Waals surface area contributed by atoms with Crippen LogP contribution in [0.4, 0.5) is 0 Å². The van der Waals surface area contributed by atoms with E-state index in [4.69, 9.17) is 0 Å². The molecule has 0 N–H and O–H groups in total. The third-order valence-corrected chi connectivity index (χ3v) is 1.59. The van der Waals surface area contributed by atoms with Crippen LogP contribution in [0.3, 0.4) is 0 Å². The molecule has 0 heterocycles. The Morgan fingerprint density at radius 1 is 0.846 bits per heavy atom. The zero-order valence-electron chi connectivity index (χ0n) is 8.11. The molecule has 0 aliphatic rings. The first-order valence-electron chi connectivity index (χ1n) is 4.76. The highest BCUT2D eigenvalue weighted by atomic mass is 16.1. The minimum absolute atomic E-state index is 0.642. The summed E-state index contributed by atoms with van der Waals surface area (Å²) in [5, 5.41) is 0. The van der Waals surface area contributed by atoms with Gasteiger partial charge in [-0.2, -0.15) is 0 Å². The molecule has 0 saturated heterocycles. The molecule has 0 aliphatic carbocycles. The van der Waals surface area contributed by atoms with Gasteiger partial charge in [-0.15, -0.1) is 6.58 Å². The molecule has 0 saturated carbocycles. The van der Waals surface area contributed by atoms with Gasteiger partial charge < -0.3 is 4.79 Å². The van der Waals surface area contributed by atoms with Crippen LogP contribution in [0.2, 0.25) is 0 Å². The summed E-state index contributed by atoms with van der Waals surface area (Å²) in [5.41, 5.74) is 0. The van der Waals surface area contributed by atoms with Gasteiger partial charge in [0.2, 0.25) is 0 Å². The van der Waals surface area contributed by atoms with Crippen molar-refractivity contribution in [2.45, 2.75) is 32.1 Å². The molecule has 0 aliphatic heterocycles. The molecule has 1 heteroatoms. The summed E-state index contributed by atoms with van der Waals surface area (Å²) in [7, 11) is 0. The van der Waals surface area contributed by atoms with Crippen LogP contribution in [-0.4, -0.2) is 6.29 Å². The molecule has 0 unspecified atom stereocenters. The number of rotatable bonds is 8. The minimum atomic E-state index is 0.642. The number of unbranched alkanes of at least 4 members (excludes halogenated alkanes) is 2. The van der Waals surface area contributed by atoms with Crippen molar-refractivity contribution < 1.29 is 4.79 Å². The molecule has 0 aromatic heterocycles. The fourth-order valence-electron chi connectivity index (χ4n) is 0.903. The van der Waals surface area contributed by atoms with Crippen LogP contribution < -0.4 is 0 Å². The lowest BCUT2D eigenvalue weighted by Crippen LogP contribution is -1.71. The van der Waals surface area contributed by atoms with Gasteiger partial charge in [0.1, 0.15) is 6.29 Å². The van der Waals surface area contributed by atoms with Crippen molar-refractivity contribution in [1.82, 2.24) is 0 Å². The normalized spacial score (nSPS) is 11.1. The Hall–Kier alpha value is -1.11. The second-order valence-corrected chi connectivity index (χ2v) is 2.79. The molecule has 13 heavy (non-hydrogen) atoms. The highest BCUT2D eigenvalue weighted by molar-refractivity contribution is 5.49. The van der Waals surface area contributed by atoms with Crippen molar-refractivity contribution in [2.75, 3.05) is 0 Å². The van der Waals surface area contributed by atoms with Crippen molar-refractivity contribution >= 4 is 6.29 Å². The van der Waals surface area contributed by atoms with E-state index in [0.717, 1.165) is 32.0 Å². The summed E-state index contributed by atoms with van der Waals surface area (Å²) in [4.78, 5) is 9.96. The van der Waals surface area contributed by atoms with Gasteiger partial charge in [0.05, 0.1) is 0 Å². The lowest BCUT2D eigenvalue weighted by molar-refractivity contribution is -0.107. The van der Waals surface area contributed by atoms with E-state index >= 15 is 0 Å². The van der Waals surface area contributed by atoms with Gasteiger partial charge in [-0.1, -0.05) is 30.4 Å². The summed E-state index contributed by atoms with van der Waals surface area (Å²) in [6, 6.07) is 0. The van der Waals surface area contributed by atoms with Crippen molar-refractivity contribution in [2.24, 2.45) is 0 Å². The molecule has 0 spiro atoms. The second kappa shape index (κ2) is 10.9. The summed E-state index contributed by atoms with van der Waals surface area (Å²) in [5.74, 6) is 0. The highest BCUT2D eigenvalue weighted by Gasteiger charge is 1.78. The molecule has 72 valence electrons. The molecule has 0 aromatic rings. The molecular formula is C12H18O. The third kappa shape index (κ3) is 10.9. The molecule has 0 bridgehead atoms. The molecule has 0 aromatic carbocycles. The maximum Gasteiger partial charge on any atom is 0.120 e. The molecule has 0 amide bonds. The number of carbonyl (C=O) groups excluding carboxylic acids is 1. The third-order valence-electron chi connectivity index (χ3n) is 1.59. The molecule has 0 atom stereocenters. The average molecular weight is 178 g/mol. The quantitative estimate of drug-likeness (QED) is 0.316. The zero-order valence-corrected chi connectivity index (χ0v) is 8.11. The maximum atomic E-state index is 9.96. The average Bonchev–Trinajstić information content (AvgIpc) is 2.16. The Morgan fingerprint density at radius 3 is 1.92 bits per heavy atom. The lowest BCUT2D eigenvalue weighted by Gasteiger charge is -1.86. The molecular weight excluding hydrogens is 160 g/mol. The summed E-state index contributed by atoms with van der Waals surface area (Å²) < 4.78 is 0. The van der Waals surface area contributed by atoms with Gasteiger partial charge in [0, 0.05) is 6.42 Å². The van der Waals surface area contributed by atoms with Crippen molar-refractivity contribution in [3.8, 4) is 0 Å². The Labute approximate surface area is 80.8 Å². The topological polar surface area (TPSA) is 17.1 Å².